The van der Waals surface area contributed by atoms with Gasteiger partial charge in [-0.25, -0.2) is 13.1 Å². The van der Waals surface area contributed by atoms with E-state index in [-0.39, 0.29) is 0 Å². The van der Waals surface area contributed by atoms with Gasteiger partial charge in [0.2, 0.25) is 10.9 Å². The minimum atomic E-state index is -2.51. The van der Waals surface area contributed by atoms with Gasteiger partial charge in [-0.3, -0.25) is 0 Å². The van der Waals surface area contributed by atoms with Gasteiger partial charge in [-0.2, -0.15) is 0 Å². The fourth-order valence-corrected chi connectivity index (χ4v) is 0.499. The third-order valence-corrected chi connectivity index (χ3v) is 0.927. The minimum Gasteiger partial charge on any atom is -0.315 e. The zero-order valence-corrected chi connectivity index (χ0v) is 4.81. The highest BCUT2D eigenvalue weighted by Gasteiger charge is 1.87. The first-order valence-corrected chi connectivity index (χ1v) is 2.97. The molecule has 0 aliphatic carbocycles. The fraction of sp³-hybridized carbons (Fsp3) is 1.00. The molecule has 44 valence electrons. The van der Waals surface area contributed by atoms with Gasteiger partial charge in [0.05, 0.1) is 6.17 Å². The van der Waals surface area contributed by atoms with Gasteiger partial charge in [0.1, 0.15) is 0 Å². The van der Waals surface area contributed by atoms with Crippen LogP contribution in [0.25, 0.3) is 0 Å². The topological polar surface area (TPSA) is 72.2 Å². The molecular weight excluding hydrogens is 116 g/mol. The standard InChI is InChI=1S/C2H8N2O2S/c1-2(3)4-7(5)6/h2,7H,3H2,1H3,(H,4,5,6)/t2-/m0/s1. The summed E-state index contributed by atoms with van der Waals surface area (Å²) in [6.45, 7) is 1.55. The van der Waals surface area contributed by atoms with Crippen molar-refractivity contribution in [3.05, 3.63) is 0 Å². The molecule has 0 aromatic carbocycles. The zero-order chi connectivity index (χ0) is 5.86. The van der Waals surface area contributed by atoms with E-state index < -0.39 is 17.1 Å². The molecule has 0 unspecified atom stereocenters. The van der Waals surface area contributed by atoms with Crippen LogP contribution in [0.4, 0.5) is 0 Å². The molecule has 0 rings (SSSR count). The highest BCUT2D eigenvalue weighted by atomic mass is 32.2. The molecule has 0 heterocycles. The van der Waals surface area contributed by atoms with Crippen molar-refractivity contribution in [3.63, 3.8) is 0 Å². The van der Waals surface area contributed by atoms with Gasteiger partial charge in [0.15, 0.2) is 0 Å². The molecule has 0 aromatic rings. The summed E-state index contributed by atoms with van der Waals surface area (Å²) in [5, 5.41) is 0. The van der Waals surface area contributed by atoms with Gasteiger partial charge in [-0.1, -0.05) is 0 Å². The Hall–Kier alpha value is -0.130. The lowest BCUT2D eigenvalue weighted by Gasteiger charge is -1.95. The molecule has 5 heteroatoms. The van der Waals surface area contributed by atoms with Crippen LogP contribution in [0.2, 0.25) is 0 Å². The van der Waals surface area contributed by atoms with E-state index in [0.717, 1.165) is 0 Å². The first-order valence-electron chi connectivity index (χ1n) is 1.79. The van der Waals surface area contributed by atoms with Crippen molar-refractivity contribution in [2.45, 2.75) is 13.1 Å². The second-order valence-corrected chi connectivity index (χ2v) is 1.95. The van der Waals surface area contributed by atoms with Crippen LogP contribution >= 0.6 is 0 Å². The first-order chi connectivity index (χ1) is 3.13. The van der Waals surface area contributed by atoms with Gasteiger partial charge in [-0.15, -0.1) is 0 Å². The Bertz CT molecular complexity index is 100. The van der Waals surface area contributed by atoms with Gasteiger partial charge >= 0.3 is 0 Å². The molecule has 1 atom stereocenters. The first kappa shape index (κ1) is 6.87. The summed E-state index contributed by atoms with van der Waals surface area (Å²) in [6.07, 6.45) is -0.471. The number of hydrogen-bond donors (Lipinski definition) is 3. The summed E-state index contributed by atoms with van der Waals surface area (Å²) in [6, 6.07) is 0. The summed E-state index contributed by atoms with van der Waals surface area (Å²) in [5.41, 5.74) is 5.00. The maximum absolute atomic E-state index is 9.66. The quantitative estimate of drug-likeness (QED) is 0.307. The van der Waals surface area contributed by atoms with Crippen molar-refractivity contribution in [3.8, 4) is 0 Å². The van der Waals surface area contributed by atoms with Crippen LogP contribution in [-0.2, 0) is 10.9 Å². The molecule has 0 spiro atoms. The Balaban J connectivity index is 3.32. The number of hydrogen-bond acceptors (Lipinski definition) is 3. The summed E-state index contributed by atoms with van der Waals surface area (Å²) < 4.78 is 21.3. The molecule has 7 heavy (non-hydrogen) atoms. The highest BCUT2D eigenvalue weighted by Crippen LogP contribution is 1.60. The highest BCUT2D eigenvalue weighted by molar-refractivity contribution is 7.70. The van der Waals surface area contributed by atoms with Gasteiger partial charge in [0, 0.05) is 0 Å². The Labute approximate surface area is 43.8 Å². The van der Waals surface area contributed by atoms with Crippen molar-refractivity contribution in [1.29, 1.82) is 0 Å². The molecule has 0 aliphatic rings. The maximum atomic E-state index is 9.66. The van der Waals surface area contributed by atoms with Crippen LogP contribution < -0.4 is 10.5 Å². The maximum Gasteiger partial charge on any atom is 0.202 e. The fourth-order valence-electron chi connectivity index (χ4n) is 0.166. The van der Waals surface area contributed by atoms with Crippen LogP contribution in [-0.4, -0.2) is 14.6 Å². The second-order valence-electron chi connectivity index (χ2n) is 1.17. The SMILES string of the molecule is C[C@@H](N)N[SH](=O)=O. The lowest BCUT2D eigenvalue weighted by atomic mass is 10.7. The lowest BCUT2D eigenvalue weighted by Crippen LogP contribution is -2.32. The summed E-state index contributed by atoms with van der Waals surface area (Å²) in [7, 11) is -2.51. The third-order valence-electron chi connectivity index (χ3n) is 0.309. The molecule has 0 aromatic heterocycles. The number of rotatable bonds is 2. The monoisotopic (exact) mass is 124 g/mol. The summed E-state index contributed by atoms with van der Waals surface area (Å²) >= 11 is 0. The van der Waals surface area contributed by atoms with Crippen molar-refractivity contribution < 1.29 is 8.42 Å². The van der Waals surface area contributed by atoms with Crippen LogP contribution in [0.15, 0.2) is 0 Å². The molecule has 0 fully saturated rings. The summed E-state index contributed by atoms with van der Waals surface area (Å²) in [5.74, 6) is 0. The predicted octanol–water partition coefficient (Wildman–Crippen LogP) is -1.59. The second kappa shape index (κ2) is 2.95. The van der Waals surface area contributed by atoms with Crippen molar-refractivity contribution in [1.82, 2.24) is 4.72 Å². The predicted molar refractivity (Wildman–Crippen MR) is 27.1 cm³/mol. The van der Waals surface area contributed by atoms with Gasteiger partial charge in [-0.05, 0) is 6.92 Å². The molecule has 4 nitrogen and oxygen atoms in total. The molecule has 0 saturated carbocycles. The smallest absolute Gasteiger partial charge is 0.202 e. The van der Waals surface area contributed by atoms with Crippen LogP contribution in [0.5, 0.6) is 0 Å². The lowest BCUT2D eigenvalue weighted by molar-refractivity contribution is 0.586. The number of nitrogens with two attached hydrogens (primary N) is 1. The molecule has 0 aliphatic heterocycles. The van der Waals surface area contributed by atoms with Crippen LogP contribution in [0.1, 0.15) is 6.92 Å². The van der Waals surface area contributed by atoms with Crippen molar-refractivity contribution >= 4 is 10.9 Å². The van der Waals surface area contributed by atoms with E-state index in [4.69, 9.17) is 5.73 Å². The van der Waals surface area contributed by atoms with Crippen LogP contribution in [0, 0.1) is 0 Å². The van der Waals surface area contributed by atoms with E-state index in [9.17, 15) is 8.42 Å². The average molecular weight is 124 g/mol. The molecule has 0 amide bonds. The number of nitrogens with one attached hydrogen (secondary N) is 1. The van der Waals surface area contributed by atoms with E-state index in [1.54, 1.807) is 6.92 Å². The van der Waals surface area contributed by atoms with E-state index in [0.29, 0.717) is 0 Å². The Morgan fingerprint density at radius 2 is 2.14 bits per heavy atom. The third kappa shape index (κ3) is 5.87. The van der Waals surface area contributed by atoms with E-state index in [2.05, 4.69) is 0 Å². The largest absolute Gasteiger partial charge is 0.315 e. The normalized spacial score (nSPS) is 14.7. The Kier molecular flexibility index (Phi) is 2.89. The molecular formula is C2H8N2O2S. The molecule has 0 bridgehead atoms. The average Bonchev–Trinajstić information content (AvgIpc) is 1.27. The van der Waals surface area contributed by atoms with E-state index in [1.807, 2.05) is 4.72 Å². The molecule has 0 radical (unpaired) electrons. The summed E-state index contributed by atoms with van der Waals surface area (Å²) in [4.78, 5) is 0. The molecule has 3 N–H and O–H groups in total. The zero-order valence-electron chi connectivity index (χ0n) is 3.92. The Morgan fingerprint density at radius 3 is 2.14 bits per heavy atom. The Morgan fingerprint density at radius 1 is 1.71 bits per heavy atom. The molecule has 0 saturated heterocycles. The van der Waals surface area contributed by atoms with Gasteiger partial charge < -0.3 is 5.73 Å². The van der Waals surface area contributed by atoms with Crippen molar-refractivity contribution in [2.75, 3.05) is 0 Å². The van der Waals surface area contributed by atoms with Gasteiger partial charge in [0.25, 0.3) is 0 Å². The van der Waals surface area contributed by atoms with E-state index >= 15 is 0 Å². The minimum absolute atomic E-state index is 0.471. The van der Waals surface area contributed by atoms with E-state index in [1.165, 1.54) is 0 Å². The number of thiol groups is 1. The van der Waals surface area contributed by atoms with Crippen molar-refractivity contribution in [2.24, 2.45) is 5.73 Å². The van der Waals surface area contributed by atoms with Crippen LogP contribution in [0.3, 0.4) is 0 Å².